The van der Waals surface area contributed by atoms with Crippen molar-refractivity contribution < 1.29 is 22.6 Å². The lowest BCUT2D eigenvalue weighted by Gasteiger charge is -2.38. The Labute approximate surface area is 191 Å². The standard InChI is InChI=1S/C22H31F3N6O2/c1-15(2)13-32-14-30-11-18(12-30)33-20-9-19(26-16-3-6-22(24,25)7-4-16)27-21(28-20)31-8-5-17(10-23)29-31/h5,8-9,15-16,18H,3-4,6-7,10-14H2,1-2H3,(H,26,27,28). The number of aromatic nitrogens is 4. The lowest BCUT2D eigenvalue weighted by Crippen LogP contribution is -2.54. The third-order valence-electron chi connectivity index (χ3n) is 5.68. The highest BCUT2D eigenvalue weighted by atomic mass is 19.3. The summed E-state index contributed by atoms with van der Waals surface area (Å²) in [6.07, 6.45) is 1.93. The molecule has 0 aromatic carbocycles. The average molecular weight is 469 g/mol. The van der Waals surface area contributed by atoms with Crippen LogP contribution >= 0.6 is 0 Å². The van der Waals surface area contributed by atoms with Crippen molar-refractivity contribution in [2.24, 2.45) is 5.92 Å². The maximum Gasteiger partial charge on any atom is 0.255 e. The van der Waals surface area contributed by atoms with E-state index in [-0.39, 0.29) is 36.6 Å². The van der Waals surface area contributed by atoms with Crippen molar-refractivity contribution >= 4 is 5.82 Å². The molecule has 1 saturated heterocycles. The first-order valence-electron chi connectivity index (χ1n) is 11.4. The van der Waals surface area contributed by atoms with Crippen molar-refractivity contribution in [2.45, 2.75) is 64.3 Å². The summed E-state index contributed by atoms with van der Waals surface area (Å²) >= 11 is 0. The number of hydrogen-bond acceptors (Lipinski definition) is 7. The Morgan fingerprint density at radius 1 is 1.21 bits per heavy atom. The fourth-order valence-corrected chi connectivity index (χ4v) is 3.88. The Balaban J connectivity index is 1.42. The van der Waals surface area contributed by atoms with Crippen LogP contribution in [0.25, 0.3) is 5.95 Å². The number of alkyl halides is 3. The van der Waals surface area contributed by atoms with Crippen LogP contribution in [0.4, 0.5) is 19.0 Å². The predicted octanol–water partition coefficient (Wildman–Crippen LogP) is 3.81. The monoisotopic (exact) mass is 468 g/mol. The van der Waals surface area contributed by atoms with Crippen LogP contribution in [0, 0.1) is 5.92 Å². The second-order valence-corrected chi connectivity index (χ2v) is 9.22. The van der Waals surface area contributed by atoms with Crippen molar-refractivity contribution in [1.82, 2.24) is 24.6 Å². The third kappa shape index (κ3) is 6.57. The minimum Gasteiger partial charge on any atom is -0.471 e. The molecule has 33 heavy (non-hydrogen) atoms. The molecule has 2 aliphatic rings. The van der Waals surface area contributed by atoms with Crippen LogP contribution in [0.5, 0.6) is 5.88 Å². The summed E-state index contributed by atoms with van der Waals surface area (Å²) in [6.45, 7) is 6.22. The van der Waals surface area contributed by atoms with Crippen LogP contribution in [-0.4, -0.2) is 69.1 Å². The Hall–Kier alpha value is -2.40. The molecule has 182 valence electrons. The molecule has 2 fully saturated rings. The molecule has 0 unspecified atom stereocenters. The van der Waals surface area contributed by atoms with E-state index in [9.17, 15) is 13.2 Å². The quantitative estimate of drug-likeness (QED) is 0.568. The molecule has 4 rings (SSSR count). The molecule has 1 aliphatic heterocycles. The van der Waals surface area contributed by atoms with E-state index in [1.165, 1.54) is 4.68 Å². The van der Waals surface area contributed by atoms with Crippen molar-refractivity contribution in [2.75, 3.05) is 31.7 Å². The number of nitrogens with one attached hydrogen (secondary N) is 1. The normalized spacial score (nSPS) is 19.6. The first kappa shape index (κ1) is 23.7. The summed E-state index contributed by atoms with van der Waals surface area (Å²) in [5.74, 6) is -1.06. The predicted molar refractivity (Wildman–Crippen MR) is 116 cm³/mol. The Morgan fingerprint density at radius 3 is 2.64 bits per heavy atom. The SMILES string of the molecule is CC(C)COCN1CC(Oc2cc(NC3CCC(F)(F)CC3)nc(-n3ccc(CF)n3)n2)C1. The third-order valence-corrected chi connectivity index (χ3v) is 5.68. The number of halogens is 3. The van der Waals surface area contributed by atoms with Gasteiger partial charge in [-0.25, -0.2) is 17.9 Å². The smallest absolute Gasteiger partial charge is 0.255 e. The molecule has 0 bridgehead atoms. The van der Waals surface area contributed by atoms with Crippen LogP contribution < -0.4 is 10.1 Å². The number of anilines is 1. The van der Waals surface area contributed by atoms with Crippen LogP contribution in [0.1, 0.15) is 45.2 Å². The van der Waals surface area contributed by atoms with Crippen molar-refractivity contribution in [3.8, 4) is 11.8 Å². The molecular formula is C22H31F3N6O2. The summed E-state index contributed by atoms with van der Waals surface area (Å²) in [7, 11) is 0. The Bertz CT molecular complexity index is 909. The molecule has 11 heteroatoms. The molecule has 1 aliphatic carbocycles. The molecule has 2 aromatic heterocycles. The number of ether oxygens (including phenoxy) is 2. The van der Waals surface area contributed by atoms with Crippen LogP contribution in [0.3, 0.4) is 0 Å². The van der Waals surface area contributed by atoms with Crippen LogP contribution in [0.2, 0.25) is 0 Å². The van der Waals surface area contributed by atoms with Crippen molar-refractivity contribution in [3.05, 3.63) is 24.0 Å². The van der Waals surface area contributed by atoms with E-state index >= 15 is 0 Å². The largest absolute Gasteiger partial charge is 0.471 e. The lowest BCUT2D eigenvalue weighted by molar-refractivity contribution is -0.0659. The van der Waals surface area contributed by atoms with Gasteiger partial charge in [0, 0.05) is 44.2 Å². The maximum absolute atomic E-state index is 13.5. The van der Waals surface area contributed by atoms with E-state index in [1.54, 1.807) is 18.3 Å². The number of rotatable bonds is 10. The fraction of sp³-hybridized carbons (Fsp3) is 0.682. The number of nitrogens with zero attached hydrogens (tertiary/aromatic N) is 5. The molecular weight excluding hydrogens is 437 g/mol. The molecule has 0 atom stereocenters. The molecule has 1 saturated carbocycles. The summed E-state index contributed by atoms with van der Waals surface area (Å²) < 4.78 is 53.0. The van der Waals surface area contributed by atoms with E-state index in [0.29, 0.717) is 56.9 Å². The van der Waals surface area contributed by atoms with E-state index in [0.717, 1.165) is 0 Å². The highest BCUT2D eigenvalue weighted by molar-refractivity contribution is 5.42. The van der Waals surface area contributed by atoms with Gasteiger partial charge in [0.25, 0.3) is 5.95 Å². The summed E-state index contributed by atoms with van der Waals surface area (Å²) in [4.78, 5) is 11.0. The average Bonchev–Trinajstić information content (AvgIpc) is 3.22. The van der Waals surface area contributed by atoms with Gasteiger partial charge in [-0.15, -0.1) is 0 Å². The van der Waals surface area contributed by atoms with Crippen LogP contribution in [0.15, 0.2) is 18.3 Å². The topological polar surface area (TPSA) is 77.3 Å². The highest BCUT2D eigenvalue weighted by Crippen LogP contribution is 2.34. The van der Waals surface area contributed by atoms with Gasteiger partial charge in [0.1, 0.15) is 18.6 Å². The van der Waals surface area contributed by atoms with E-state index < -0.39 is 12.6 Å². The Kier molecular flexibility index (Phi) is 7.38. The first-order valence-corrected chi connectivity index (χ1v) is 11.4. The molecule has 0 radical (unpaired) electrons. The van der Waals surface area contributed by atoms with Crippen molar-refractivity contribution in [3.63, 3.8) is 0 Å². The fourth-order valence-electron chi connectivity index (χ4n) is 3.88. The van der Waals surface area contributed by atoms with Gasteiger partial charge in [0.15, 0.2) is 0 Å². The minimum atomic E-state index is -2.60. The summed E-state index contributed by atoms with van der Waals surface area (Å²) in [6, 6.07) is 3.11. The molecule has 3 heterocycles. The van der Waals surface area contributed by atoms with Gasteiger partial charge in [-0.05, 0) is 24.8 Å². The molecule has 0 amide bonds. The second-order valence-electron chi connectivity index (χ2n) is 9.22. The van der Waals surface area contributed by atoms with Gasteiger partial charge in [0.2, 0.25) is 11.8 Å². The van der Waals surface area contributed by atoms with Gasteiger partial charge in [-0.2, -0.15) is 15.1 Å². The number of hydrogen-bond donors (Lipinski definition) is 1. The Morgan fingerprint density at radius 2 is 1.97 bits per heavy atom. The van der Waals surface area contributed by atoms with E-state index in [1.807, 2.05) is 0 Å². The van der Waals surface area contributed by atoms with E-state index in [4.69, 9.17) is 9.47 Å². The molecule has 1 N–H and O–H groups in total. The number of likely N-dealkylation sites (tertiary alicyclic amines) is 1. The zero-order chi connectivity index (χ0) is 23.4. The second kappa shape index (κ2) is 10.3. The van der Waals surface area contributed by atoms with Gasteiger partial charge < -0.3 is 14.8 Å². The minimum absolute atomic E-state index is 0.0457. The molecule has 0 spiro atoms. The van der Waals surface area contributed by atoms with Crippen LogP contribution in [-0.2, 0) is 11.4 Å². The van der Waals surface area contributed by atoms with Gasteiger partial charge >= 0.3 is 0 Å². The van der Waals surface area contributed by atoms with Gasteiger partial charge in [0.05, 0.1) is 19.0 Å². The first-order chi connectivity index (χ1) is 15.8. The molecule has 8 nitrogen and oxygen atoms in total. The maximum atomic E-state index is 13.5. The van der Waals surface area contributed by atoms with Gasteiger partial charge in [-0.3, -0.25) is 4.90 Å². The molecule has 2 aromatic rings. The zero-order valence-electron chi connectivity index (χ0n) is 19.0. The lowest BCUT2D eigenvalue weighted by atomic mass is 9.92. The van der Waals surface area contributed by atoms with E-state index in [2.05, 4.69) is 39.1 Å². The summed E-state index contributed by atoms with van der Waals surface area (Å²) in [5, 5.41) is 7.37. The highest BCUT2D eigenvalue weighted by Gasteiger charge is 2.35. The van der Waals surface area contributed by atoms with Gasteiger partial charge in [-0.1, -0.05) is 13.8 Å². The van der Waals surface area contributed by atoms with Crippen molar-refractivity contribution in [1.29, 1.82) is 0 Å². The zero-order valence-corrected chi connectivity index (χ0v) is 19.0. The summed E-state index contributed by atoms with van der Waals surface area (Å²) in [5.41, 5.74) is 0.268.